The number of phenols is 1. The minimum atomic E-state index is -1.82. The van der Waals surface area contributed by atoms with E-state index in [0.29, 0.717) is 18.4 Å². The van der Waals surface area contributed by atoms with E-state index in [1.165, 1.54) is 6.07 Å². The first-order valence-electron chi connectivity index (χ1n) is 11.9. The largest absolute Gasteiger partial charge is 0.507 e. The summed E-state index contributed by atoms with van der Waals surface area (Å²) in [4.78, 5) is 12.5. The number of carboxylic acids is 1. The van der Waals surface area contributed by atoms with Gasteiger partial charge in [-0.2, -0.15) is 0 Å². The van der Waals surface area contributed by atoms with Crippen molar-refractivity contribution >= 4 is 5.97 Å². The highest BCUT2D eigenvalue weighted by Crippen LogP contribution is 2.49. The molecule has 1 aromatic rings. The van der Waals surface area contributed by atoms with Crippen LogP contribution in [0.3, 0.4) is 0 Å². The zero-order chi connectivity index (χ0) is 26.0. The molecule has 1 fully saturated rings. The number of ether oxygens (including phenoxy) is 2. The van der Waals surface area contributed by atoms with Crippen LogP contribution in [0.4, 0.5) is 0 Å². The Bertz CT molecular complexity index is 986. The minimum Gasteiger partial charge on any atom is -0.507 e. The van der Waals surface area contributed by atoms with Crippen molar-refractivity contribution in [3.63, 3.8) is 0 Å². The average molecular weight is 493 g/mol. The molecule has 9 heteroatoms. The van der Waals surface area contributed by atoms with Gasteiger partial charge in [-0.25, -0.2) is 4.79 Å². The van der Waals surface area contributed by atoms with Gasteiger partial charge >= 0.3 is 5.97 Å². The first-order chi connectivity index (χ1) is 16.5. The normalized spacial score (nSPS) is 31.1. The second kappa shape index (κ2) is 11.1. The summed E-state index contributed by atoms with van der Waals surface area (Å²) in [5, 5.41) is 61.6. The summed E-state index contributed by atoms with van der Waals surface area (Å²) in [5.41, 5.74) is 2.38. The predicted molar refractivity (Wildman–Crippen MR) is 127 cm³/mol. The molecule has 0 amide bonds. The molecular formula is C26H36O9. The van der Waals surface area contributed by atoms with Crippen LogP contribution in [0.25, 0.3) is 0 Å². The van der Waals surface area contributed by atoms with E-state index in [1.54, 1.807) is 0 Å². The molecule has 0 spiro atoms. The summed E-state index contributed by atoms with van der Waals surface area (Å²) in [6, 6.07) is 1.45. The van der Waals surface area contributed by atoms with Crippen LogP contribution < -0.4 is 4.74 Å². The van der Waals surface area contributed by atoms with E-state index >= 15 is 0 Å². The molecule has 1 unspecified atom stereocenters. The first kappa shape index (κ1) is 27.2. The molecule has 0 bridgehead atoms. The average Bonchev–Trinajstić information content (AvgIpc) is 2.77. The molecule has 0 saturated carbocycles. The lowest BCUT2D eigenvalue weighted by atomic mass is 9.73. The van der Waals surface area contributed by atoms with Gasteiger partial charge in [-0.3, -0.25) is 0 Å². The molecule has 6 N–H and O–H groups in total. The van der Waals surface area contributed by atoms with Crippen LogP contribution in [0.1, 0.15) is 67.4 Å². The Kier molecular flexibility index (Phi) is 8.61. The molecular weight excluding hydrogens is 456 g/mol. The van der Waals surface area contributed by atoms with E-state index in [9.17, 15) is 35.4 Å². The van der Waals surface area contributed by atoms with E-state index in [1.807, 2.05) is 26.8 Å². The Labute approximate surface area is 204 Å². The predicted octanol–water partition coefficient (Wildman–Crippen LogP) is 2.44. The van der Waals surface area contributed by atoms with Gasteiger partial charge in [0, 0.05) is 11.5 Å². The summed E-state index contributed by atoms with van der Waals surface area (Å²) in [6.45, 7) is 9.15. The van der Waals surface area contributed by atoms with E-state index < -0.39 is 49.2 Å². The van der Waals surface area contributed by atoms with Gasteiger partial charge in [-0.05, 0) is 50.7 Å². The first-order valence-corrected chi connectivity index (χ1v) is 11.9. The van der Waals surface area contributed by atoms with Crippen LogP contribution in [-0.2, 0) is 11.2 Å². The third-order valence-corrected chi connectivity index (χ3v) is 6.98. The second-order valence-electron chi connectivity index (χ2n) is 9.60. The zero-order valence-corrected chi connectivity index (χ0v) is 20.3. The fourth-order valence-electron chi connectivity index (χ4n) is 5.09. The Hall–Kier alpha value is -2.43. The monoisotopic (exact) mass is 492 g/mol. The molecule has 1 aromatic carbocycles. The van der Waals surface area contributed by atoms with Crippen LogP contribution in [0, 0.1) is 11.8 Å². The number of aromatic carboxylic acids is 1. The Morgan fingerprint density at radius 3 is 2.51 bits per heavy atom. The molecule has 3 rings (SSSR count). The van der Waals surface area contributed by atoms with Crippen molar-refractivity contribution in [1.29, 1.82) is 0 Å². The maximum absolute atomic E-state index is 12.5. The topological polar surface area (TPSA) is 157 Å². The third kappa shape index (κ3) is 5.39. The standard InChI is InChI=1S/C26H36O9/c1-5-6-14-10-18(28)20(16-9-13(4)7-8-15(16)12(2)3)23(19(14)24(31)32)34-26-17(11-27)21(29)22(30)25(33)35-26/h9-10,15-17,21-22,25-30,33H,2,5-8,11H2,1,3-4H3,(H,31,32)/t15-,16+,17+,21+,22-,25-,26?/m0/s1. The highest BCUT2D eigenvalue weighted by Gasteiger charge is 2.46. The number of aliphatic hydroxyl groups is 4. The molecule has 0 aromatic heterocycles. The Morgan fingerprint density at radius 1 is 1.26 bits per heavy atom. The number of hydrogen-bond donors (Lipinski definition) is 6. The second-order valence-corrected chi connectivity index (χ2v) is 9.60. The van der Waals surface area contributed by atoms with Crippen LogP contribution in [-0.4, -0.2) is 68.0 Å². The van der Waals surface area contributed by atoms with Gasteiger partial charge in [0.1, 0.15) is 23.2 Å². The minimum absolute atomic E-state index is 0.0930. The van der Waals surface area contributed by atoms with Crippen molar-refractivity contribution in [3.05, 3.63) is 46.6 Å². The molecule has 0 radical (unpaired) electrons. The van der Waals surface area contributed by atoms with Crippen LogP contribution in [0.15, 0.2) is 29.9 Å². The van der Waals surface area contributed by atoms with Gasteiger partial charge in [0.25, 0.3) is 0 Å². The van der Waals surface area contributed by atoms with Gasteiger partial charge in [0.05, 0.1) is 18.6 Å². The summed E-state index contributed by atoms with van der Waals surface area (Å²) in [7, 11) is 0. The zero-order valence-electron chi connectivity index (χ0n) is 20.3. The number of aryl methyl sites for hydroxylation is 1. The van der Waals surface area contributed by atoms with Crippen molar-refractivity contribution in [1.82, 2.24) is 0 Å². The molecule has 1 saturated heterocycles. The molecule has 35 heavy (non-hydrogen) atoms. The van der Waals surface area contributed by atoms with Gasteiger partial charge in [0.15, 0.2) is 6.29 Å². The molecule has 194 valence electrons. The quantitative estimate of drug-likeness (QED) is 0.300. The summed E-state index contributed by atoms with van der Waals surface area (Å²) in [6.07, 6.45) is -2.05. The van der Waals surface area contributed by atoms with Crippen LogP contribution in [0.5, 0.6) is 11.5 Å². The molecule has 2 aliphatic rings. The number of aliphatic hydroxyl groups excluding tert-OH is 4. The maximum atomic E-state index is 12.5. The van der Waals surface area contributed by atoms with Gasteiger partial charge < -0.3 is 40.1 Å². The summed E-state index contributed by atoms with van der Waals surface area (Å²) in [5.74, 6) is -3.28. The lowest BCUT2D eigenvalue weighted by molar-refractivity contribution is -0.313. The van der Waals surface area contributed by atoms with Gasteiger partial charge in [-0.15, -0.1) is 0 Å². The van der Waals surface area contributed by atoms with Crippen molar-refractivity contribution in [2.75, 3.05) is 6.61 Å². The number of allylic oxidation sites excluding steroid dienone is 3. The van der Waals surface area contributed by atoms with E-state index in [0.717, 1.165) is 24.0 Å². The van der Waals surface area contributed by atoms with Crippen LogP contribution >= 0.6 is 0 Å². The number of benzene rings is 1. The van der Waals surface area contributed by atoms with Crippen molar-refractivity contribution < 1.29 is 44.9 Å². The van der Waals surface area contributed by atoms with Gasteiger partial charge in [0.2, 0.25) is 6.29 Å². The third-order valence-electron chi connectivity index (χ3n) is 6.98. The molecule has 1 heterocycles. The molecule has 9 nitrogen and oxygen atoms in total. The smallest absolute Gasteiger partial charge is 0.339 e. The lowest BCUT2D eigenvalue weighted by Crippen LogP contribution is -2.57. The fraction of sp³-hybridized carbons (Fsp3) is 0.577. The highest BCUT2D eigenvalue weighted by molar-refractivity contribution is 5.94. The molecule has 1 aliphatic heterocycles. The SMILES string of the molecule is C=C(C)[C@@H]1CCC(C)=C[C@H]1c1c(O)cc(CCC)c(C(=O)O)c1OC1O[C@H](O)[C@@H](O)[C@H](O)[C@H]1CO. The number of rotatable bonds is 8. The van der Waals surface area contributed by atoms with Gasteiger partial charge in [-0.1, -0.05) is 37.1 Å². The number of hydrogen-bond acceptors (Lipinski definition) is 8. The molecule has 1 aliphatic carbocycles. The van der Waals surface area contributed by atoms with Crippen LogP contribution in [0.2, 0.25) is 0 Å². The lowest BCUT2D eigenvalue weighted by Gasteiger charge is -2.41. The summed E-state index contributed by atoms with van der Waals surface area (Å²) >= 11 is 0. The molecule has 7 atom stereocenters. The maximum Gasteiger partial charge on any atom is 0.339 e. The van der Waals surface area contributed by atoms with E-state index in [2.05, 4.69) is 6.58 Å². The van der Waals surface area contributed by atoms with Crippen molar-refractivity contribution in [2.45, 2.75) is 77.2 Å². The summed E-state index contributed by atoms with van der Waals surface area (Å²) < 4.78 is 11.4. The fourth-order valence-corrected chi connectivity index (χ4v) is 5.09. The van der Waals surface area contributed by atoms with E-state index in [4.69, 9.17) is 9.47 Å². The van der Waals surface area contributed by atoms with E-state index in [-0.39, 0.29) is 28.5 Å². The highest BCUT2D eigenvalue weighted by atomic mass is 16.7. The van der Waals surface area contributed by atoms with Crippen molar-refractivity contribution in [2.24, 2.45) is 11.8 Å². The number of phenolic OH excluding ortho intramolecular Hbond substituents is 1. The number of carboxylic acid groups (broad SMARTS) is 1. The van der Waals surface area contributed by atoms with Crippen molar-refractivity contribution in [3.8, 4) is 11.5 Å². The Morgan fingerprint density at radius 2 is 1.94 bits per heavy atom. The number of aromatic hydroxyl groups is 1. The Balaban J connectivity index is 2.25. The number of carbonyl (C=O) groups is 1.